The second-order valence-corrected chi connectivity index (χ2v) is 5.45. The lowest BCUT2D eigenvalue weighted by Gasteiger charge is -2.10. The van der Waals surface area contributed by atoms with Crippen molar-refractivity contribution in [3.8, 4) is 11.5 Å². The van der Waals surface area contributed by atoms with Crippen LogP contribution in [0.15, 0.2) is 46.9 Å². The minimum absolute atomic E-state index is 0.517. The number of ether oxygens (including phenoxy) is 2. The summed E-state index contributed by atoms with van der Waals surface area (Å²) in [6.07, 6.45) is 0. The number of methoxy groups -OCH3 is 1. The molecule has 0 aliphatic rings. The zero-order chi connectivity index (χ0) is 13.7. The maximum absolute atomic E-state index is 5.80. The van der Waals surface area contributed by atoms with Gasteiger partial charge in [0.05, 0.1) is 11.6 Å². The summed E-state index contributed by atoms with van der Waals surface area (Å²) in [4.78, 5) is 0. The summed E-state index contributed by atoms with van der Waals surface area (Å²) in [6.45, 7) is 0.517. The normalized spacial score (nSPS) is 10.3. The Hall–Kier alpha value is -1.000. The molecule has 0 aliphatic carbocycles. The highest BCUT2D eigenvalue weighted by molar-refractivity contribution is 9.10. The molecule has 0 unspecified atom stereocenters. The topological polar surface area (TPSA) is 18.5 Å². The first-order valence-electron chi connectivity index (χ1n) is 5.83. The SMILES string of the molecule is COc1cccc(COc2ccc(CBr)cc2Br)c1. The summed E-state index contributed by atoms with van der Waals surface area (Å²) in [5.74, 6) is 1.68. The van der Waals surface area contributed by atoms with E-state index in [9.17, 15) is 0 Å². The van der Waals surface area contributed by atoms with Crippen LogP contribution in [0.5, 0.6) is 11.5 Å². The zero-order valence-electron chi connectivity index (χ0n) is 10.5. The van der Waals surface area contributed by atoms with Gasteiger partial charge in [0.25, 0.3) is 0 Å². The molecule has 0 saturated carbocycles. The van der Waals surface area contributed by atoms with Crippen molar-refractivity contribution in [3.05, 3.63) is 58.1 Å². The molecule has 0 aromatic heterocycles. The standard InChI is InChI=1S/C15H14Br2O2/c1-18-13-4-2-3-12(7-13)10-19-15-6-5-11(9-16)8-14(15)17/h2-8H,9-10H2,1H3. The highest BCUT2D eigenvalue weighted by Crippen LogP contribution is 2.27. The van der Waals surface area contributed by atoms with Gasteiger partial charge in [-0.05, 0) is 51.3 Å². The first-order chi connectivity index (χ1) is 9.22. The van der Waals surface area contributed by atoms with Crippen molar-refractivity contribution < 1.29 is 9.47 Å². The molecule has 2 aromatic carbocycles. The average Bonchev–Trinajstić information content (AvgIpc) is 2.46. The van der Waals surface area contributed by atoms with Gasteiger partial charge in [0.2, 0.25) is 0 Å². The van der Waals surface area contributed by atoms with Crippen molar-refractivity contribution in [1.82, 2.24) is 0 Å². The summed E-state index contributed by atoms with van der Waals surface area (Å²) in [5, 5.41) is 0.835. The molecule has 0 atom stereocenters. The second-order valence-electron chi connectivity index (χ2n) is 4.04. The zero-order valence-corrected chi connectivity index (χ0v) is 13.7. The van der Waals surface area contributed by atoms with Gasteiger partial charge < -0.3 is 9.47 Å². The van der Waals surface area contributed by atoms with Crippen LogP contribution in [0.25, 0.3) is 0 Å². The highest BCUT2D eigenvalue weighted by atomic mass is 79.9. The van der Waals surface area contributed by atoms with E-state index in [0.717, 1.165) is 26.9 Å². The van der Waals surface area contributed by atoms with E-state index in [1.807, 2.05) is 36.4 Å². The molecule has 0 aliphatic heterocycles. The molecule has 0 bridgehead atoms. The van der Waals surface area contributed by atoms with E-state index >= 15 is 0 Å². The molecular weight excluding hydrogens is 372 g/mol. The number of benzene rings is 2. The van der Waals surface area contributed by atoms with Crippen molar-refractivity contribution in [3.63, 3.8) is 0 Å². The Bertz CT molecular complexity index is 556. The molecule has 4 heteroatoms. The molecule has 0 radical (unpaired) electrons. The van der Waals surface area contributed by atoms with Gasteiger partial charge in [-0.15, -0.1) is 0 Å². The van der Waals surface area contributed by atoms with Crippen LogP contribution in [0.4, 0.5) is 0 Å². The monoisotopic (exact) mass is 384 g/mol. The van der Waals surface area contributed by atoms with Crippen LogP contribution < -0.4 is 9.47 Å². The van der Waals surface area contributed by atoms with Gasteiger partial charge in [-0.2, -0.15) is 0 Å². The molecule has 19 heavy (non-hydrogen) atoms. The molecule has 0 fully saturated rings. The van der Waals surface area contributed by atoms with Gasteiger partial charge in [-0.3, -0.25) is 0 Å². The largest absolute Gasteiger partial charge is 0.497 e. The number of halogens is 2. The Morgan fingerprint density at radius 1 is 1.05 bits per heavy atom. The maximum Gasteiger partial charge on any atom is 0.134 e. The van der Waals surface area contributed by atoms with Gasteiger partial charge >= 0.3 is 0 Å². The molecule has 2 aromatic rings. The van der Waals surface area contributed by atoms with Crippen LogP contribution in [0, 0.1) is 0 Å². The maximum atomic E-state index is 5.80. The predicted octanol–water partition coefficient (Wildman–Crippen LogP) is 4.93. The number of hydrogen-bond acceptors (Lipinski definition) is 2. The van der Waals surface area contributed by atoms with E-state index < -0.39 is 0 Å². The molecule has 2 rings (SSSR count). The fraction of sp³-hybridized carbons (Fsp3) is 0.200. The van der Waals surface area contributed by atoms with Crippen molar-refractivity contribution >= 4 is 31.9 Å². The fourth-order valence-electron chi connectivity index (χ4n) is 1.67. The Labute approximate surface area is 130 Å². The van der Waals surface area contributed by atoms with Crippen LogP contribution in [0.3, 0.4) is 0 Å². The van der Waals surface area contributed by atoms with Crippen molar-refractivity contribution in [2.24, 2.45) is 0 Å². The van der Waals surface area contributed by atoms with Crippen LogP contribution >= 0.6 is 31.9 Å². The third kappa shape index (κ3) is 3.98. The van der Waals surface area contributed by atoms with Crippen LogP contribution in [0.1, 0.15) is 11.1 Å². The van der Waals surface area contributed by atoms with Crippen molar-refractivity contribution in [2.45, 2.75) is 11.9 Å². The molecule has 0 heterocycles. The molecule has 100 valence electrons. The van der Waals surface area contributed by atoms with Gasteiger partial charge in [0.15, 0.2) is 0 Å². The van der Waals surface area contributed by atoms with E-state index in [-0.39, 0.29) is 0 Å². The Balaban J connectivity index is 2.05. The summed E-state index contributed by atoms with van der Waals surface area (Å²) >= 11 is 6.95. The second kappa shape index (κ2) is 6.96. The Morgan fingerprint density at radius 2 is 1.89 bits per heavy atom. The summed E-state index contributed by atoms with van der Waals surface area (Å²) in [5.41, 5.74) is 2.29. The molecule has 0 amide bonds. The summed E-state index contributed by atoms with van der Waals surface area (Å²) in [6, 6.07) is 13.9. The van der Waals surface area contributed by atoms with Gasteiger partial charge in [0.1, 0.15) is 18.1 Å². The van der Waals surface area contributed by atoms with Gasteiger partial charge in [-0.1, -0.05) is 34.1 Å². The summed E-state index contributed by atoms with van der Waals surface area (Å²) in [7, 11) is 1.66. The number of hydrogen-bond donors (Lipinski definition) is 0. The van der Waals surface area contributed by atoms with Crippen LogP contribution in [-0.4, -0.2) is 7.11 Å². The van der Waals surface area contributed by atoms with Gasteiger partial charge in [0, 0.05) is 5.33 Å². The van der Waals surface area contributed by atoms with Gasteiger partial charge in [-0.25, -0.2) is 0 Å². The first kappa shape index (κ1) is 14.4. The number of alkyl halides is 1. The lowest BCUT2D eigenvalue weighted by Crippen LogP contribution is -1.97. The van der Waals surface area contributed by atoms with Crippen LogP contribution in [-0.2, 0) is 11.9 Å². The van der Waals surface area contributed by atoms with E-state index in [2.05, 4.69) is 37.9 Å². The molecular formula is C15H14Br2O2. The smallest absolute Gasteiger partial charge is 0.134 e. The summed E-state index contributed by atoms with van der Waals surface area (Å²) < 4.78 is 12.0. The Morgan fingerprint density at radius 3 is 2.58 bits per heavy atom. The minimum Gasteiger partial charge on any atom is -0.497 e. The molecule has 2 nitrogen and oxygen atoms in total. The molecule has 0 N–H and O–H groups in total. The lowest BCUT2D eigenvalue weighted by molar-refractivity contribution is 0.303. The molecule has 0 spiro atoms. The average molecular weight is 386 g/mol. The number of rotatable bonds is 5. The fourth-order valence-corrected chi connectivity index (χ4v) is 2.56. The van der Waals surface area contributed by atoms with Crippen molar-refractivity contribution in [2.75, 3.05) is 7.11 Å². The van der Waals surface area contributed by atoms with E-state index in [4.69, 9.17) is 9.47 Å². The minimum atomic E-state index is 0.517. The third-order valence-electron chi connectivity index (χ3n) is 2.68. The quantitative estimate of drug-likeness (QED) is 0.679. The van der Waals surface area contributed by atoms with E-state index in [0.29, 0.717) is 6.61 Å². The molecule has 0 saturated heterocycles. The van der Waals surface area contributed by atoms with Crippen molar-refractivity contribution in [1.29, 1.82) is 0 Å². The third-order valence-corrected chi connectivity index (χ3v) is 3.95. The first-order valence-corrected chi connectivity index (χ1v) is 7.74. The Kier molecular flexibility index (Phi) is 5.28. The highest BCUT2D eigenvalue weighted by Gasteiger charge is 2.03. The van der Waals surface area contributed by atoms with Crippen LogP contribution in [0.2, 0.25) is 0 Å². The van der Waals surface area contributed by atoms with E-state index in [1.54, 1.807) is 7.11 Å². The lowest BCUT2D eigenvalue weighted by atomic mass is 10.2. The van der Waals surface area contributed by atoms with E-state index in [1.165, 1.54) is 5.56 Å². The predicted molar refractivity (Wildman–Crippen MR) is 84.1 cm³/mol.